The van der Waals surface area contributed by atoms with Crippen LogP contribution in [-0.4, -0.2) is 38.0 Å². The standard InChI is InChI=1S/C11H10N6O3S/c18-8(15-13-5-7-2-1-3-12-4-7)6-21-10-9(19)14-11(20)17-16-10/h1-5H,6H2,(H,15,18)(H2,14,17,19,20)/b13-5-. The third-order valence-corrected chi connectivity index (χ3v) is 3.06. The zero-order chi connectivity index (χ0) is 15.1. The maximum absolute atomic E-state index is 11.5. The highest BCUT2D eigenvalue weighted by atomic mass is 32.2. The summed E-state index contributed by atoms with van der Waals surface area (Å²) in [5, 5.41) is 9.36. The van der Waals surface area contributed by atoms with Crippen molar-refractivity contribution in [2.45, 2.75) is 5.03 Å². The van der Waals surface area contributed by atoms with Crippen molar-refractivity contribution in [1.82, 2.24) is 25.6 Å². The first kappa shape index (κ1) is 14.7. The minimum Gasteiger partial charge on any atom is -0.272 e. The number of nitrogens with one attached hydrogen (secondary N) is 3. The Bertz CT molecular complexity index is 754. The summed E-state index contributed by atoms with van der Waals surface area (Å²) in [6.07, 6.45) is 4.66. The summed E-state index contributed by atoms with van der Waals surface area (Å²) in [5.41, 5.74) is 1.70. The molecule has 2 aromatic heterocycles. The van der Waals surface area contributed by atoms with Crippen molar-refractivity contribution in [2.75, 3.05) is 5.75 Å². The van der Waals surface area contributed by atoms with Crippen LogP contribution in [0.25, 0.3) is 0 Å². The van der Waals surface area contributed by atoms with Gasteiger partial charge in [0.05, 0.1) is 12.0 Å². The third kappa shape index (κ3) is 4.69. The van der Waals surface area contributed by atoms with Crippen LogP contribution in [0.1, 0.15) is 5.56 Å². The van der Waals surface area contributed by atoms with Crippen molar-refractivity contribution in [1.29, 1.82) is 0 Å². The molecule has 108 valence electrons. The summed E-state index contributed by atoms with van der Waals surface area (Å²) in [6.45, 7) is 0. The molecule has 0 atom stereocenters. The molecule has 0 aliphatic rings. The molecule has 3 N–H and O–H groups in total. The second kappa shape index (κ2) is 7.14. The SMILES string of the molecule is O=C(CSc1n[nH]c(=O)[nH]c1=O)N/N=C\c1cccnc1. The Morgan fingerprint density at radius 1 is 1.48 bits per heavy atom. The average molecular weight is 306 g/mol. The topological polar surface area (TPSA) is 133 Å². The van der Waals surface area contributed by atoms with Gasteiger partial charge in [-0.05, 0) is 6.07 Å². The molecule has 2 heterocycles. The zero-order valence-corrected chi connectivity index (χ0v) is 11.4. The van der Waals surface area contributed by atoms with Gasteiger partial charge in [-0.1, -0.05) is 17.8 Å². The van der Waals surface area contributed by atoms with Gasteiger partial charge in [-0.2, -0.15) is 10.2 Å². The van der Waals surface area contributed by atoms with E-state index in [0.29, 0.717) is 0 Å². The van der Waals surface area contributed by atoms with E-state index in [2.05, 4.69) is 25.7 Å². The van der Waals surface area contributed by atoms with E-state index in [1.54, 1.807) is 24.5 Å². The summed E-state index contributed by atoms with van der Waals surface area (Å²) in [7, 11) is 0. The maximum Gasteiger partial charge on any atom is 0.342 e. The molecule has 0 aromatic carbocycles. The van der Waals surface area contributed by atoms with Gasteiger partial charge >= 0.3 is 5.69 Å². The van der Waals surface area contributed by atoms with E-state index >= 15 is 0 Å². The first-order valence-electron chi connectivity index (χ1n) is 5.69. The largest absolute Gasteiger partial charge is 0.342 e. The van der Waals surface area contributed by atoms with E-state index in [0.717, 1.165) is 17.3 Å². The summed E-state index contributed by atoms with van der Waals surface area (Å²) in [5.74, 6) is -0.473. The molecule has 0 bridgehead atoms. The number of hydrogen-bond donors (Lipinski definition) is 3. The fourth-order valence-electron chi connectivity index (χ4n) is 1.23. The molecule has 0 radical (unpaired) electrons. The second-order valence-electron chi connectivity index (χ2n) is 3.68. The molecule has 0 spiro atoms. The number of aromatic nitrogens is 4. The molecule has 2 rings (SSSR count). The molecule has 1 amide bonds. The smallest absolute Gasteiger partial charge is 0.272 e. The molecule has 0 fully saturated rings. The molecule has 0 saturated carbocycles. The van der Waals surface area contributed by atoms with Gasteiger partial charge in [-0.25, -0.2) is 15.3 Å². The van der Waals surface area contributed by atoms with Gasteiger partial charge in [0.2, 0.25) is 5.91 Å². The predicted molar refractivity (Wildman–Crippen MR) is 76.2 cm³/mol. The van der Waals surface area contributed by atoms with Gasteiger partial charge in [0.25, 0.3) is 5.56 Å². The quantitative estimate of drug-likeness (QED) is 0.372. The van der Waals surface area contributed by atoms with Crippen LogP contribution in [0, 0.1) is 0 Å². The Hall–Kier alpha value is -2.75. The fourth-order valence-corrected chi connectivity index (χ4v) is 1.86. The van der Waals surface area contributed by atoms with Gasteiger partial charge in [0.1, 0.15) is 0 Å². The lowest BCUT2D eigenvalue weighted by Gasteiger charge is -1.98. The number of H-pyrrole nitrogens is 2. The lowest BCUT2D eigenvalue weighted by atomic mass is 10.3. The Kier molecular flexibility index (Phi) is 4.99. The number of carbonyl (C=O) groups is 1. The highest BCUT2D eigenvalue weighted by Crippen LogP contribution is 2.06. The van der Waals surface area contributed by atoms with Gasteiger partial charge < -0.3 is 0 Å². The van der Waals surface area contributed by atoms with E-state index in [-0.39, 0.29) is 10.8 Å². The van der Waals surface area contributed by atoms with E-state index < -0.39 is 17.2 Å². The molecule has 0 saturated heterocycles. The number of thioether (sulfide) groups is 1. The number of amides is 1. The summed E-state index contributed by atoms with van der Waals surface area (Å²) >= 11 is 0.887. The number of aromatic amines is 2. The van der Waals surface area contributed by atoms with Crippen molar-refractivity contribution >= 4 is 23.9 Å². The normalized spacial score (nSPS) is 10.7. The molecule has 9 nitrogen and oxygen atoms in total. The van der Waals surface area contributed by atoms with E-state index in [9.17, 15) is 14.4 Å². The highest BCUT2D eigenvalue weighted by Gasteiger charge is 2.06. The van der Waals surface area contributed by atoms with Crippen molar-refractivity contribution in [3.8, 4) is 0 Å². The third-order valence-electron chi connectivity index (χ3n) is 2.11. The van der Waals surface area contributed by atoms with Crippen molar-refractivity contribution < 1.29 is 4.79 Å². The molecule has 0 aliphatic carbocycles. The van der Waals surface area contributed by atoms with E-state index in [1.807, 2.05) is 4.98 Å². The lowest BCUT2D eigenvalue weighted by molar-refractivity contribution is -0.118. The zero-order valence-electron chi connectivity index (χ0n) is 10.6. The minimum absolute atomic E-state index is 0.000916. The van der Waals surface area contributed by atoms with Gasteiger partial charge in [-0.3, -0.25) is 19.6 Å². The summed E-state index contributed by atoms with van der Waals surface area (Å²) in [6, 6.07) is 3.52. The number of nitrogens with zero attached hydrogens (tertiary/aromatic N) is 3. The van der Waals surface area contributed by atoms with Crippen LogP contribution in [0.3, 0.4) is 0 Å². The second-order valence-corrected chi connectivity index (χ2v) is 4.64. The Balaban J connectivity index is 1.84. The predicted octanol–water partition coefficient (Wildman–Crippen LogP) is -0.904. The molecule has 10 heteroatoms. The van der Waals surface area contributed by atoms with Crippen molar-refractivity contribution in [3.05, 3.63) is 50.9 Å². The van der Waals surface area contributed by atoms with Crippen LogP contribution in [-0.2, 0) is 4.79 Å². The monoisotopic (exact) mass is 306 g/mol. The van der Waals surface area contributed by atoms with Crippen LogP contribution in [0.2, 0.25) is 0 Å². The number of hydrazone groups is 1. The van der Waals surface area contributed by atoms with Crippen molar-refractivity contribution in [2.24, 2.45) is 5.10 Å². The lowest BCUT2D eigenvalue weighted by Crippen LogP contribution is -2.26. The van der Waals surface area contributed by atoms with Crippen LogP contribution in [0.15, 0.2) is 44.2 Å². The molecular weight excluding hydrogens is 296 g/mol. The summed E-state index contributed by atoms with van der Waals surface area (Å²) < 4.78 is 0. The highest BCUT2D eigenvalue weighted by molar-refractivity contribution is 7.99. The first-order valence-corrected chi connectivity index (χ1v) is 6.67. The molecule has 0 aliphatic heterocycles. The molecule has 21 heavy (non-hydrogen) atoms. The molecular formula is C11H10N6O3S. The van der Waals surface area contributed by atoms with Gasteiger partial charge in [0.15, 0.2) is 5.03 Å². The Morgan fingerprint density at radius 2 is 2.33 bits per heavy atom. The van der Waals surface area contributed by atoms with Crippen molar-refractivity contribution in [3.63, 3.8) is 0 Å². The Labute approximate surface area is 121 Å². The number of rotatable bonds is 5. The maximum atomic E-state index is 11.5. The Morgan fingerprint density at radius 3 is 3.05 bits per heavy atom. The average Bonchev–Trinajstić information content (AvgIpc) is 2.47. The van der Waals surface area contributed by atoms with E-state index in [4.69, 9.17) is 0 Å². The van der Waals surface area contributed by atoms with Crippen LogP contribution in [0.4, 0.5) is 0 Å². The number of carbonyl (C=O) groups excluding carboxylic acids is 1. The van der Waals surface area contributed by atoms with Crippen LogP contribution < -0.4 is 16.7 Å². The van der Waals surface area contributed by atoms with Gasteiger partial charge in [-0.15, -0.1) is 0 Å². The number of hydrogen-bond acceptors (Lipinski definition) is 7. The molecule has 2 aromatic rings. The fraction of sp³-hybridized carbons (Fsp3) is 0.0909. The minimum atomic E-state index is -0.699. The van der Waals surface area contributed by atoms with E-state index in [1.165, 1.54) is 6.21 Å². The van der Waals surface area contributed by atoms with Crippen LogP contribution >= 0.6 is 11.8 Å². The number of pyridine rings is 1. The van der Waals surface area contributed by atoms with Gasteiger partial charge in [0, 0.05) is 18.0 Å². The molecule has 0 unspecified atom stereocenters. The first-order chi connectivity index (χ1) is 10.1. The van der Waals surface area contributed by atoms with Crippen LogP contribution in [0.5, 0.6) is 0 Å². The summed E-state index contributed by atoms with van der Waals surface area (Å²) in [4.78, 5) is 39.5.